The lowest BCUT2D eigenvalue weighted by atomic mass is 10.4. The fraction of sp³-hybridized carbons (Fsp3) is 0. The van der Waals surface area contributed by atoms with Crippen LogP contribution in [0.2, 0.25) is 0 Å². The van der Waals surface area contributed by atoms with Crippen LogP contribution >= 0.6 is 0 Å². The van der Waals surface area contributed by atoms with Crippen molar-refractivity contribution in [2.75, 3.05) is 10.6 Å². The minimum atomic E-state index is -0.353. The first-order valence-electron chi connectivity index (χ1n) is 3.14. The molecule has 56 valence electrons. The zero-order valence-electron chi connectivity index (χ0n) is 5.59. The molecule has 0 amide bonds. The lowest BCUT2D eigenvalue weighted by Gasteiger charge is -2.11. The number of fused-ring (bicyclic) bond motifs is 1. The van der Waals surface area contributed by atoms with Crippen LogP contribution in [0.1, 0.15) is 0 Å². The molecule has 1 aromatic rings. The lowest BCUT2D eigenvalue weighted by molar-refractivity contribution is 1.07. The van der Waals surface area contributed by atoms with Crippen molar-refractivity contribution in [1.29, 1.82) is 0 Å². The van der Waals surface area contributed by atoms with E-state index >= 15 is 0 Å². The third-order valence-corrected chi connectivity index (χ3v) is 1.36. The van der Waals surface area contributed by atoms with Crippen LogP contribution < -0.4 is 16.3 Å². The molecular formula is C6H6N4O. The van der Waals surface area contributed by atoms with Gasteiger partial charge in [-0.15, -0.1) is 0 Å². The van der Waals surface area contributed by atoms with Gasteiger partial charge in [-0.2, -0.15) is 4.98 Å². The predicted molar refractivity (Wildman–Crippen MR) is 41.2 cm³/mol. The molecule has 0 aliphatic carbocycles. The Morgan fingerprint density at radius 3 is 3.00 bits per heavy atom. The van der Waals surface area contributed by atoms with Crippen LogP contribution in [-0.4, -0.2) is 9.97 Å². The molecule has 0 radical (unpaired) electrons. The van der Waals surface area contributed by atoms with Gasteiger partial charge in [0.05, 0.1) is 11.9 Å². The molecule has 5 nitrogen and oxygen atoms in total. The van der Waals surface area contributed by atoms with E-state index in [2.05, 4.69) is 20.6 Å². The van der Waals surface area contributed by atoms with E-state index < -0.39 is 0 Å². The molecule has 1 aliphatic heterocycles. The second-order valence-electron chi connectivity index (χ2n) is 2.10. The molecule has 3 N–H and O–H groups in total. The number of hydrogen-bond donors (Lipinski definition) is 3. The molecule has 1 aromatic heterocycles. The zero-order chi connectivity index (χ0) is 7.68. The highest BCUT2D eigenvalue weighted by molar-refractivity contribution is 5.67. The molecule has 0 aromatic carbocycles. The van der Waals surface area contributed by atoms with E-state index in [4.69, 9.17) is 0 Å². The van der Waals surface area contributed by atoms with Gasteiger partial charge in [-0.25, -0.2) is 4.79 Å². The highest BCUT2D eigenvalue weighted by Gasteiger charge is 2.03. The molecule has 0 unspecified atom stereocenters. The lowest BCUT2D eigenvalue weighted by Crippen LogP contribution is -2.15. The molecule has 0 spiro atoms. The topological polar surface area (TPSA) is 69.8 Å². The summed E-state index contributed by atoms with van der Waals surface area (Å²) in [5, 5.41) is 5.78. The Bertz CT molecular complexity index is 354. The van der Waals surface area contributed by atoms with Crippen LogP contribution in [0.3, 0.4) is 0 Å². The summed E-state index contributed by atoms with van der Waals surface area (Å²) >= 11 is 0. The standard InChI is InChI=1S/C6H6N4O/c11-6-9-3-4-5(10-6)8-2-1-7-4/h1-3,7H,(H2,8,9,10,11). The second-order valence-corrected chi connectivity index (χ2v) is 2.10. The van der Waals surface area contributed by atoms with Gasteiger partial charge in [0.2, 0.25) is 0 Å². The average Bonchev–Trinajstić information content (AvgIpc) is 2.04. The summed E-state index contributed by atoms with van der Waals surface area (Å²) in [5.74, 6) is 0.646. The largest absolute Gasteiger partial charge is 0.356 e. The van der Waals surface area contributed by atoms with E-state index in [0.29, 0.717) is 5.82 Å². The van der Waals surface area contributed by atoms with Gasteiger partial charge in [0.1, 0.15) is 5.82 Å². The maximum Gasteiger partial charge on any atom is 0.346 e. The normalized spacial score (nSPS) is 13.1. The molecule has 2 rings (SSSR count). The van der Waals surface area contributed by atoms with Crippen molar-refractivity contribution in [3.8, 4) is 0 Å². The Labute approximate surface area is 62.2 Å². The van der Waals surface area contributed by atoms with Gasteiger partial charge in [-0.1, -0.05) is 0 Å². The fourth-order valence-electron chi connectivity index (χ4n) is 0.874. The first-order chi connectivity index (χ1) is 5.36. The molecule has 1 aliphatic rings. The van der Waals surface area contributed by atoms with E-state index in [-0.39, 0.29) is 5.69 Å². The number of anilines is 2. The van der Waals surface area contributed by atoms with Crippen molar-refractivity contribution in [2.24, 2.45) is 0 Å². The van der Waals surface area contributed by atoms with Crippen molar-refractivity contribution < 1.29 is 0 Å². The van der Waals surface area contributed by atoms with Crippen LogP contribution in [0.5, 0.6) is 0 Å². The predicted octanol–water partition coefficient (Wildman–Crippen LogP) is 0.0785. The first kappa shape index (κ1) is 5.96. The monoisotopic (exact) mass is 150 g/mol. The highest BCUT2D eigenvalue weighted by atomic mass is 16.1. The van der Waals surface area contributed by atoms with E-state index in [1.54, 1.807) is 12.4 Å². The summed E-state index contributed by atoms with van der Waals surface area (Å²) in [7, 11) is 0. The van der Waals surface area contributed by atoms with E-state index in [0.717, 1.165) is 5.69 Å². The number of nitrogens with one attached hydrogen (secondary N) is 3. The molecular weight excluding hydrogens is 144 g/mol. The number of rotatable bonds is 0. The third-order valence-electron chi connectivity index (χ3n) is 1.36. The van der Waals surface area contributed by atoms with Crippen LogP contribution in [0.4, 0.5) is 11.5 Å². The maximum absolute atomic E-state index is 10.7. The SMILES string of the molecule is O=c1ncc2c([nH]1)NC=CN2. The number of aromatic amines is 1. The molecule has 0 bridgehead atoms. The van der Waals surface area contributed by atoms with Crippen LogP contribution in [0.15, 0.2) is 23.4 Å². The molecule has 0 fully saturated rings. The summed E-state index contributed by atoms with van der Waals surface area (Å²) < 4.78 is 0. The summed E-state index contributed by atoms with van der Waals surface area (Å²) in [6.07, 6.45) is 4.89. The molecule has 0 saturated heterocycles. The van der Waals surface area contributed by atoms with Gasteiger partial charge in [0, 0.05) is 12.4 Å². The summed E-state index contributed by atoms with van der Waals surface area (Å²) in [4.78, 5) is 16.8. The van der Waals surface area contributed by atoms with E-state index in [9.17, 15) is 4.79 Å². The number of H-pyrrole nitrogens is 1. The summed E-state index contributed by atoms with van der Waals surface area (Å²) in [6.45, 7) is 0. The number of nitrogens with zero attached hydrogens (tertiary/aromatic N) is 1. The molecule has 0 saturated carbocycles. The molecule has 2 heterocycles. The molecule has 0 atom stereocenters. The van der Waals surface area contributed by atoms with Crippen molar-refractivity contribution >= 4 is 11.5 Å². The minimum Gasteiger partial charge on any atom is -0.356 e. The van der Waals surface area contributed by atoms with Gasteiger partial charge in [-0.3, -0.25) is 4.98 Å². The smallest absolute Gasteiger partial charge is 0.346 e. The van der Waals surface area contributed by atoms with Crippen LogP contribution in [0, 0.1) is 0 Å². The Kier molecular flexibility index (Phi) is 1.15. The van der Waals surface area contributed by atoms with Crippen LogP contribution in [0.25, 0.3) is 0 Å². The quantitative estimate of drug-likeness (QED) is 0.489. The molecule has 5 heteroatoms. The Hall–Kier alpha value is -1.78. The van der Waals surface area contributed by atoms with Crippen LogP contribution in [-0.2, 0) is 0 Å². The Morgan fingerprint density at radius 1 is 1.27 bits per heavy atom. The molecule has 11 heavy (non-hydrogen) atoms. The van der Waals surface area contributed by atoms with Crippen molar-refractivity contribution in [1.82, 2.24) is 9.97 Å². The average molecular weight is 150 g/mol. The number of aromatic nitrogens is 2. The Balaban J connectivity index is 2.56. The van der Waals surface area contributed by atoms with Gasteiger partial charge in [-0.05, 0) is 0 Å². The highest BCUT2D eigenvalue weighted by Crippen LogP contribution is 2.17. The van der Waals surface area contributed by atoms with Crippen molar-refractivity contribution in [2.45, 2.75) is 0 Å². The fourth-order valence-corrected chi connectivity index (χ4v) is 0.874. The maximum atomic E-state index is 10.7. The zero-order valence-corrected chi connectivity index (χ0v) is 5.59. The van der Waals surface area contributed by atoms with Crippen molar-refractivity contribution in [3.63, 3.8) is 0 Å². The Morgan fingerprint density at radius 2 is 2.09 bits per heavy atom. The number of hydrogen-bond acceptors (Lipinski definition) is 4. The first-order valence-corrected chi connectivity index (χ1v) is 3.14. The van der Waals surface area contributed by atoms with E-state index in [1.165, 1.54) is 6.20 Å². The summed E-state index contributed by atoms with van der Waals surface area (Å²) in [5.41, 5.74) is 0.417. The third kappa shape index (κ3) is 0.958. The van der Waals surface area contributed by atoms with Gasteiger partial charge >= 0.3 is 5.69 Å². The minimum absolute atomic E-state index is 0.353. The van der Waals surface area contributed by atoms with Gasteiger partial charge in [0.25, 0.3) is 0 Å². The second kappa shape index (κ2) is 2.12. The van der Waals surface area contributed by atoms with Gasteiger partial charge in [0.15, 0.2) is 0 Å². The van der Waals surface area contributed by atoms with E-state index in [1.807, 2.05) is 0 Å². The van der Waals surface area contributed by atoms with Gasteiger partial charge < -0.3 is 10.6 Å². The summed E-state index contributed by atoms with van der Waals surface area (Å²) in [6, 6.07) is 0. The van der Waals surface area contributed by atoms with Crippen molar-refractivity contribution in [3.05, 3.63) is 29.1 Å².